The van der Waals surface area contributed by atoms with Crippen LogP contribution in [0.15, 0.2) is 42.5 Å². The van der Waals surface area contributed by atoms with Gasteiger partial charge in [-0.3, -0.25) is 10.1 Å². The lowest BCUT2D eigenvalue weighted by Gasteiger charge is -2.32. The standard InChI is InChI=1S/C22H25N5O3/c1-4-30-18-10-6-9-16-13(2)23-21(26-20(16)18)27-22-24-17(12-19(28)25-22)14-7-5-8-15(11-14)29-3/h5-11,17,22,24H,4,12H2,1-3H3,(H,25,28)(H,23,26,27). The second-order valence-electron chi connectivity index (χ2n) is 7.06. The maximum atomic E-state index is 12.3. The van der Waals surface area contributed by atoms with E-state index < -0.39 is 6.29 Å². The van der Waals surface area contributed by atoms with Crippen molar-refractivity contribution in [2.75, 3.05) is 19.0 Å². The monoisotopic (exact) mass is 407 g/mol. The minimum Gasteiger partial charge on any atom is -0.497 e. The largest absolute Gasteiger partial charge is 0.497 e. The van der Waals surface area contributed by atoms with Gasteiger partial charge < -0.3 is 20.1 Å². The minimum atomic E-state index is -0.515. The summed E-state index contributed by atoms with van der Waals surface area (Å²) in [4.78, 5) is 21.5. The first kappa shape index (κ1) is 19.9. The number of benzene rings is 2. The van der Waals surface area contributed by atoms with E-state index in [-0.39, 0.29) is 11.9 Å². The van der Waals surface area contributed by atoms with Crippen molar-refractivity contribution >= 4 is 22.8 Å². The van der Waals surface area contributed by atoms with Crippen LogP contribution in [0.25, 0.3) is 10.9 Å². The number of hydrogen-bond donors (Lipinski definition) is 3. The van der Waals surface area contributed by atoms with Crippen molar-refractivity contribution in [1.82, 2.24) is 20.6 Å². The van der Waals surface area contributed by atoms with Gasteiger partial charge in [0.2, 0.25) is 11.9 Å². The number of carbonyl (C=O) groups excluding carboxylic acids is 1. The summed E-state index contributed by atoms with van der Waals surface area (Å²) < 4.78 is 11.0. The molecule has 0 spiro atoms. The topological polar surface area (TPSA) is 97.4 Å². The Balaban J connectivity index is 1.59. The fourth-order valence-corrected chi connectivity index (χ4v) is 3.60. The zero-order chi connectivity index (χ0) is 21.1. The summed E-state index contributed by atoms with van der Waals surface area (Å²) in [5.41, 5.74) is 2.54. The Morgan fingerprint density at radius 3 is 2.83 bits per heavy atom. The van der Waals surface area contributed by atoms with Crippen LogP contribution in [-0.2, 0) is 4.79 Å². The number of carbonyl (C=O) groups is 1. The number of ether oxygens (including phenoxy) is 2. The highest BCUT2D eigenvalue weighted by Crippen LogP contribution is 2.27. The van der Waals surface area contributed by atoms with Crippen LogP contribution >= 0.6 is 0 Å². The van der Waals surface area contributed by atoms with E-state index >= 15 is 0 Å². The van der Waals surface area contributed by atoms with Crippen LogP contribution in [-0.4, -0.2) is 35.9 Å². The van der Waals surface area contributed by atoms with Crippen LogP contribution in [0.4, 0.5) is 5.95 Å². The third-order valence-corrected chi connectivity index (χ3v) is 5.01. The van der Waals surface area contributed by atoms with Crippen molar-refractivity contribution < 1.29 is 14.3 Å². The Bertz CT molecular complexity index is 1070. The van der Waals surface area contributed by atoms with Crippen molar-refractivity contribution in [2.24, 2.45) is 0 Å². The fraction of sp³-hybridized carbons (Fsp3) is 0.318. The molecule has 0 bridgehead atoms. The van der Waals surface area contributed by atoms with Crippen molar-refractivity contribution in [3.05, 3.63) is 53.7 Å². The number of methoxy groups -OCH3 is 1. The van der Waals surface area contributed by atoms with Gasteiger partial charge in [0.15, 0.2) is 6.29 Å². The zero-order valence-electron chi connectivity index (χ0n) is 17.2. The number of anilines is 1. The number of rotatable bonds is 6. The maximum Gasteiger partial charge on any atom is 0.226 e. The highest BCUT2D eigenvalue weighted by atomic mass is 16.5. The van der Waals surface area contributed by atoms with Gasteiger partial charge in [-0.1, -0.05) is 24.3 Å². The van der Waals surface area contributed by atoms with Crippen LogP contribution in [0.1, 0.15) is 30.6 Å². The highest BCUT2D eigenvalue weighted by molar-refractivity contribution is 5.87. The number of aromatic nitrogens is 2. The lowest BCUT2D eigenvalue weighted by Crippen LogP contribution is -2.56. The average Bonchev–Trinajstić information content (AvgIpc) is 2.74. The summed E-state index contributed by atoms with van der Waals surface area (Å²) in [6, 6.07) is 13.3. The van der Waals surface area contributed by atoms with Gasteiger partial charge in [-0.05, 0) is 37.6 Å². The third kappa shape index (κ3) is 4.13. The molecule has 2 atom stereocenters. The molecule has 156 valence electrons. The Morgan fingerprint density at radius 2 is 2.03 bits per heavy atom. The number of hydrogen-bond acceptors (Lipinski definition) is 7. The average molecular weight is 407 g/mol. The van der Waals surface area contributed by atoms with Gasteiger partial charge in [-0.25, -0.2) is 9.97 Å². The van der Waals surface area contributed by atoms with Crippen molar-refractivity contribution in [3.8, 4) is 11.5 Å². The summed E-state index contributed by atoms with van der Waals surface area (Å²) in [5.74, 6) is 1.81. The first-order chi connectivity index (χ1) is 14.6. The molecule has 0 saturated carbocycles. The molecule has 8 nitrogen and oxygen atoms in total. The van der Waals surface area contributed by atoms with Crippen molar-refractivity contribution in [2.45, 2.75) is 32.6 Å². The Hall–Kier alpha value is -3.39. The van der Waals surface area contributed by atoms with E-state index in [9.17, 15) is 4.79 Å². The quantitative estimate of drug-likeness (QED) is 0.578. The summed E-state index contributed by atoms with van der Waals surface area (Å²) in [6.45, 7) is 4.41. The van der Waals surface area contributed by atoms with Crippen molar-refractivity contribution in [1.29, 1.82) is 0 Å². The minimum absolute atomic E-state index is 0.0633. The molecule has 30 heavy (non-hydrogen) atoms. The molecular weight excluding hydrogens is 382 g/mol. The lowest BCUT2D eigenvalue weighted by molar-refractivity contribution is -0.124. The van der Waals surface area contributed by atoms with Crippen LogP contribution in [0.3, 0.4) is 0 Å². The first-order valence-corrected chi connectivity index (χ1v) is 9.93. The van der Waals surface area contributed by atoms with Gasteiger partial charge in [-0.2, -0.15) is 0 Å². The molecule has 3 N–H and O–H groups in total. The van der Waals surface area contributed by atoms with Gasteiger partial charge >= 0.3 is 0 Å². The molecule has 1 amide bonds. The number of fused-ring (bicyclic) bond motifs is 1. The summed E-state index contributed by atoms with van der Waals surface area (Å²) in [5, 5.41) is 10.4. The van der Waals surface area contributed by atoms with Crippen LogP contribution < -0.4 is 25.4 Å². The maximum absolute atomic E-state index is 12.3. The second-order valence-corrected chi connectivity index (χ2v) is 7.06. The Morgan fingerprint density at radius 1 is 1.20 bits per heavy atom. The lowest BCUT2D eigenvalue weighted by atomic mass is 10.0. The van der Waals surface area contributed by atoms with Gasteiger partial charge in [0, 0.05) is 17.8 Å². The molecule has 8 heteroatoms. The zero-order valence-corrected chi connectivity index (χ0v) is 17.2. The molecule has 1 aliphatic rings. The van der Waals surface area contributed by atoms with Gasteiger partial charge in [0.25, 0.3) is 0 Å². The van der Waals surface area contributed by atoms with Crippen LogP contribution in [0.2, 0.25) is 0 Å². The Labute approximate surface area is 175 Å². The molecule has 1 saturated heterocycles. The summed E-state index contributed by atoms with van der Waals surface area (Å²) in [6.07, 6.45) is -0.184. The van der Waals surface area contributed by atoms with Crippen LogP contribution in [0.5, 0.6) is 11.5 Å². The molecule has 2 aromatic carbocycles. The SMILES string of the molecule is CCOc1cccc2c(C)nc(NC3NC(=O)CC(c4cccc(OC)c4)N3)nc12. The number of nitrogens with one attached hydrogen (secondary N) is 3. The van der Waals surface area contributed by atoms with E-state index in [1.807, 2.05) is 56.3 Å². The molecule has 1 aliphatic heterocycles. The number of amides is 1. The summed E-state index contributed by atoms with van der Waals surface area (Å²) >= 11 is 0. The third-order valence-electron chi connectivity index (χ3n) is 5.01. The van der Waals surface area contributed by atoms with Crippen molar-refractivity contribution in [3.63, 3.8) is 0 Å². The molecule has 0 aliphatic carbocycles. The van der Waals surface area contributed by atoms with Gasteiger partial charge in [-0.15, -0.1) is 0 Å². The molecule has 1 fully saturated rings. The Kier molecular flexibility index (Phi) is 5.67. The molecule has 3 aromatic rings. The molecule has 0 radical (unpaired) electrons. The van der Waals surface area contributed by atoms with E-state index in [2.05, 4.69) is 25.9 Å². The predicted octanol–water partition coefficient (Wildman–Crippen LogP) is 2.89. The van der Waals surface area contributed by atoms with E-state index in [0.717, 1.165) is 27.9 Å². The fourth-order valence-electron chi connectivity index (χ4n) is 3.60. The summed E-state index contributed by atoms with van der Waals surface area (Å²) in [7, 11) is 1.63. The number of nitrogens with zero attached hydrogens (tertiary/aromatic N) is 2. The molecule has 2 heterocycles. The van der Waals surface area contributed by atoms with E-state index in [4.69, 9.17) is 9.47 Å². The molecule has 2 unspecified atom stereocenters. The highest BCUT2D eigenvalue weighted by Gasteiger charge is 2.27. The van der Waals surface area contributed by atoms with Crippen LogP contribution in [0, 0.1) is 6.92 Å². The normalized spacial score (nSPS) is 18.7. The van der Waals surface area contributed by atoms with Gasteiger partial charge in [0.1, 0.15) is 17.0 Å². The van der Waals surface area contributed by atoms with E-state index in [1.54, 1.807) is 7.11 Å². The number of aryl methyl sites for hydroxylation is 1. The number of para-hydroxylation sites is 1. The molecule has 4 rings (SSSR count). The first-order valence-electron chi connectivity index (χ1n) is 9.93. The molecule has 1 aromatic heterocycles. The van der Waals surface area contributed by atoms with E-state index in [1.165, 1.54) is 0 Å². The predicted molar refractivity (Wildman–Crippen MR) is 114 cm³/mol. The second kappa shape index (κ2) is 8.54. The smallest absolute Gasteiger partial charge is 0.226 e. The van der Waals surface area contributed by atoms with E-state index in [0.29, 0.717) is 24.7 Å². The molecular formula is C22H25N5O3. The van der Waals surface area contributed by atoms with Gasteiger partial charge in [0.05, 0.1) is 19.4 Å².